The molecule has 0 aliphatic heterocycles. The summed E-state index contributed by atoms with van der Waals surface area (Å²) >= 11 is 0. The number of aromatic amines is 1. The summed E-state index contributed by atoms with van der Waals surface area (Å²) < 4.78 is 39.8. The molecular weight excluding hydrogens is 475 g/mol. The number of nitrogens with two attached hydrogens (primary N) is 1. The number of anilines is 2. The predicted octanol–water partition coefficient (Wildman–Crippen LogP) is 0.985. The molecule has 0 spiro atoms. The number of H-pyrrole nitrogens is 1. The van der Waals surface area contributed by atoms with Gasteiger partial charge in [0.15, 0.2) is 11.2 Å². The summed E-state index contributed by atoms with van der Waals surface area (Å²) in [6.45, 7) is -0.600. The number of benzene rings is 1. The molecule has 3 rings (SSSR count). The van der Waals surface area contributed by atoms with E-state index in [0.717, 1.165) is 18.3 Å². The van der Waals surface area contributed by atoms with Crippen LogP contribution in [0.3, 0.4) is 0 Å². The third kappa shape index (κ3) is 6.27. The largest absolute Gasteiger partial charge is 0.481 e. The van der Waals surface area contributed by atoms with Gasteiger partial charge in [-0.15, -0.1) is 0 Å². The first kappa shape index (κ1) is 25.1. The fourth-order valence-electron chi connectivity index (χ4n) is 2.98. The fourth-order valence-corrected chi connectivity index (χ4v) is 2.98. The molecule has 3 aromatic rings. The van der Waals surface area contributed by atoms with Crippen molar-refractivity contribution in [3.63, 3.8) is 0 Å². The Balaban J connectivity index is 1.85. The van der Waals surface area contributed by atoms with E-state index in [1.807, 2.05) is 0 Å². The average Bonchev–Trinajstić information content (AvgIpc) is 2.79. The van der Waals surface area contributed by atoms with Gasteiger partial charge in [-0.2, -0.15) is 18.2 Å². The molecule has 0 aliphatic carbocycles. The van der Waals surface area contributed by atoms with E-state index in [2.05, 4.69) is 25.3 Å². The van der Waals surface area contributed by atoms with E-state index < -0.39 is 36.1 Å². The maximum absolute atomic E-state index is 13.3. The maximum atomic E-state index is 13.3. The van der Waals surface area contributed by atoms with Crippen LogP contribution >= 0.6 is 0 Å². The van der Waals surface area contributed by atoms with Crippen LogP contribution in [0, 0.1) is 0 Å². The van der Waals surface area contributed by atoms with Gasteiger partial charge in [-0.05, 0) is 30.7 Å². The Labute approximate surface area is 194 Å². The molecule has 1 aromatic carbocycles. The van der Waals surface area contributed by atoms with Gasteiger partial charge in [-0.3, -0.25) is 29.1 Å². The van der Waals surface area contributed by atoms with Crippen molar-refractivity contribution in [1.82, 2.24) is 25.3 Å². The smallest absolute Gasteiger partial charge is 0.471 e. The second-order valence-corrected chi connectivity index (χ2v) is 7.17. The van der Waals surface area contributed by atoms with Gasteiger partial charge >= 0.3 is 18.1 Å². The molecule has 184 valence electrons. The zero-order valence-corrected chi connectivity index (χ0v) is 17.8. The number of nitrogen functional groups attached to an aromatic ring is 1. The number of hydrogen-bond acceptors (Lipinski definition) is 8. The second kappa shape index (κ2) is 10.1. The van der Waals surface area contributed by atoms with E-state index in [0.29, 0.717) is 4.90 Å². The van der Waals surface area contributed by atoms with E-state index in [1.165, 1.54) is 12.1 Å². The first-order valence-electron chi connectivity index (χ1n) is 9.96. The Morgan fingerprint density at radius 1 is 1.14 bits per heavy atom. The lowest BCUT2D eigenvalue weighted by atomic mass is 10.1. The summed E-state index contributed by atoms with van der Waals surface area (Å²) in [6, 6.07) is 4.70. The number of nitrogens with zero attached hydrogens (tertiary/aromatic N) is 4. The Hall–Kier alpha value is -4.56. The molecule has 0 fully saturated rings. The Morgan fingerprint density at radius 2 is 1.83 bits per heavy atom. The number of aliphatic carboxylic acids is 1. The molecule has 35 heavy (non-hydrogen) atoms. The minimum absolute atomic E-state index is 0.0872. The predicted molar refractivity (Wildman–Crippen MR) is 115 cm³/mol. The Bertz CT molecular complexity index is 1330. The highest BCUT2D eigenvalue weighted by Gasteiger charge is 2.43. The maximum Gasteiger partial charge on any atom is 0.471 e. The lowest BCUT2D eigenvalue weighted by molar-refractivity contribution is -0.170. The quantitative estimate of drug-likeness (QED) is 0.332. The van der Waals surface area contributed by atoms with Gasteiger partial charge in [0.25, 0.3) is 11.5 Å². The summed E-state index contributed by atoms with van der Waals surface area (Å²) in [7, 11) is 0. The second-order valence-electron chi connectivity index (χ2n) is 7.17. The van der Waals surface area contributed by atoms with Crippen molar-refractivity contribution >= 4 is 40.6 Å². The SMILES string of the molecule is Nc1nc2ncc(CN(C(=O)C(F)(F)F)c3ccc(C(=O)NCCCC(=O)O)cc3)nc2c(=O)[nH]1. The number of carbonyl (C=O) groups is 3. The topological polar surface area (TPSA) is 184 Å². The van der Waals surface area contributed by atoms with Crippen molar-refractivity contribution < 1.29 is 32.7 Å². The van der Waals surface area contributed by atoms with Crippen molar-refractivity contribution in [2.45, 2.75) is 25.6 Å². The third-order valence-electron chi connectivity index (χ3n) is 4.59. The molecule has 0 bridgehead atoms. The van der Waals surface area contributed by atoms with Gasteiger partial charge in [0.2, 0.25) is 5.95 Å². The lowest BCUT2D eigenvalue weighted by Gasteiger charge is -2.23. The molecule has 15 heteroatoms. The molecule has 0 atom stereocenters. The molecule has 0 unspecified atom stereocenters. The molecule has 0 radical (unpaired) electrons. The molecular formula is C20H18F3N7O5. The molecule has 2 aromatic heterocycles. The van der Waals surface area contributed by atoms with Gasteiger partial charge in [-0.1, -0.05) is 0 Å². The zero-order chi connectivity index (χ0) is 25.8. The number of halogens is 3. The number of rotatable bonds is 8. The molecule has 5 N–H and O–H groups in total. The summed E-state index contributed by atoms with van der Waals surface area (Å²) in [5.41, 5.74) is 4.03. The molecule has 2 amide bonds. The number of carboxylic acids is 1. The van der Waals surface area contributed by atoms with Crippen LogP contribution in [0.5, 0.6) is 0 Å². The van der Waals surface area contributed by atoms with E-state index >= 15 is 0 Å². The number of nitrogens with one attached hydrogen (secondary N) is 2. The van der Waals surface area contributed by atoms with Crippen molar-refractivity contribution in [2.24, 2.45) is 0 Å². The number of carboxylic acid groups (broad SMARTS) is 1. The number of fused-ring (bicyclic) bond motifs is 1. The Morgan fingerprint density at radius 3 is 2.46 bits per heavy atom. The van der Waals surface area contributed by atoms with Crippen LogP contribution in [0.4, 0.5) is 24.8 Å². The van der Waals surface area contributed by atoms with Crippen LogP contribution in [-0.4, -0.2) is 55.5 Å². The highest BCUT2D eigenvalue weighted by molar-refractivity contribution is 5.98. The molecule has 0 aliphatic rings. The number of aromatic nitrogens is 4. The van der Waals surface area contributed by atoms with Crippen LogP contribution in [-0.2, 0) is 16.1 Å². The molecule has 2 heterocycles. The first-order chi connectivity index (χ1) is 16.5. The van der Waals surface area contributed by atoms with E-state index in [-0.39, 0.29) is 53.4 Å². The van der Waals surface area contributed by atoms with Gasteiger partial charge in [0.05, 0.1) is 18.4 Å². The van der Waals surface area contributed by atoms with Crippen molar-refractivity contribution in [3.8, 4) is 0 Å². The zero-order valence-electron chi connectivity index (χ0n) is 17.8. The number of carbonyl (C=O) groups excluding carboxylic acids is 2. The van der Waals surface area contributed by atoms with E-state index in [4.69, 9.17) is 10.8 Å². The average molecular weight is 493 g/mol. The summed E-state index contributed by atoms with van der Waals surface area (Å²) in [6.07, 6.45) is -4.10. The molecule has 0 saturated heterocycles. The first-order valence-corrected chi connectivity index (χ1v) is 9.96. The lowest BCUT2D eigenvalue weighted by Crippen LogP contribution is -2.41. The highest BCUT2D eigenvalue weighted by atomic mass is 19.4. The normalized spacial score (nSPS) is 11.3. The highest BCUT2D eigenvalue weighted by Crippen LogP contribution is 2.26. The van der Waals surface area contributed by atoms with Crippen LogP contribution in [0.15, 0.2) is 35.3 Å². The number of amides is 2. The van der Waals surface area contributed by atoms with Crippen molar-refractivity contribution in [1.29, 1.82) is 0 Å². The van der Waals surface area contributed by atoms with E-state index in [1.54, 1.807) is 0 Å². The van der Waals surface area contributed by atoms with Gasteiger partial charge in [-0.25, -0.2) is 9.97 Å². The molecule has 12 nitrogen and oxygen atoms in total. The summed E-state index contributed by atoms with van der Waals surface area (Å²) in [4.78, 5) is 61.0. The molecule has 0 saturated carbocycles. The Kier molecular flexibility index (Phi) is 7.27. The van der Waals surface area contributed by atoms with Gasteiger partial charge < -0.3 is 16.2 Å². The van der Waals surface area contributed by atoms with E-state index in [9.17, 15) is 32.3 Å². The summed E-state index contributed by atoms with van der Waals surface area (Å²) in [5.74, 6) is -4.00. The van der Waals surface area contributed by atoms with Gasteiger partial charge in [0, 0.05) is 24.2 Å². The van der Waals surface area contributed by atoms with Crippen LogP contribution in [0.25, 0.3) is 11.2 Å². The number of hydrogen-bond donors (Lipinski definition) is 4. The summed E-state index contributed by atoms with van der Waals surface area (Å²) in [5, 5.41) is 11.1. The minimum Gasteiger partial charge on any atom is -0.481 e. The fraction of sp³-hybridized carbons (Fsp3) is 0.250. The van der Waals surface area contributed by atoms with Crippen LogP contribution < -0.4 is 21.5 Å². The number of alkyl halides is 3. The van der Waals surface area contributed by atoms with Crippen molar-refractivity contribution in [2.75, 3.05) is 17.2 Å². The van der Waals surface area contributed by atoms with Gasteiger partial charge in [0.1, 0.15) is 0 Å². The van der Waals surface area contributed by atoms with Crippen LogP contribution in [0.2, 0.25) is 0 Å². The standard InChI is InChI=1S/C20H18F3N7O5/c21-20(22,23)18(35)30(9-11-8-26-15-14(27-11)17(34)29-19(24)28-15)12-5-3-10(4-6-12)16(33)25-7-1-2-13(31)32/h3-6,8H,1-2,7,9H2,(H,25,33)(H,31,32)(H3,24,26,28,29,34). The monoisotopic (exact) mass is 493 g/mol. The van der Waals surface area contributed by atoms with Crippen molar-refractivity contribution in [3.05, 3.63) is 52.1 Å². The minimum atomic E-state index is -5.22. The third-order valence-corrected chi connectivity index (χ3v) is 4.59. The van der Waals surface area contributed by atoms with Crippen LogP contribution in [0.1, 0.15) is 28.9 Å².